The van der Waals surface area contributed by atoms with Gasteiger partial charge in [-0.25, -0.2) is 4.79 Å². The molecule has 2 aromatic heterocycles. The van der Waals surface area contributed by atoms with Gasteiger partial charge < -0.3 is 19.8 Å². The van der Waals surface area contributed by atoms with Crippen molar-refractivity contribution >= 4 is 16.9 Å². The number of carboxylic acid groups (broad SMARTS) is 1. The fraction of sp³-hybridized carbons (Fsp3) is 0.391. The number of benzene rings is 1. The van der Waals surface area contributed by atoms with E-state index >= 15 is 0 Å². The number of fused-ring (bicyclic) bond motifs is 4. The highest BCUT2D eigenvalue weighted by atomic mass is 16.4. The monoisotopic (exact) mass is 409 g/mol. The molecule has 1 aliphatic carbocycles. The van der Waals surface area contributed by atoms with Crippen LogP contribution in [0.15, 0.2) is 23.0 Å². The zero-order chi connectivity index (χ0) is 21.6. The van der Waals surface area contributed by atoms with Gasteiger partial charge in [-0.1, -0.05) is 13.8 Å². The van der Waals surface area contributed by atoms with Crippen molar-refractivity contribution in [1.82, 2.24) is 14.5 Å². The highest BCUT2D eigenvalue weighted by molar-refractivity contribution is 5.93. The quantitative estimate of drug-likeness (QED) is 0.601. The van der Waals surface area contributed by atoms with Crippen LogP contribution in [0.2, 0.25) is 0 Å². The molecule has 3 aromatic rings. The maximum atomic E-state index is 12.4. The predicted octanol–water partition coefficient (Wildman–Crippen LogP) is 3.27. The summed E-state index contributed by atoms with van der Waals surface area (Å²) in [6.07, 6.45) is 2.07. The predicted molar refractivity (Wildman–Crippen MR) is 116 cm³/mol. The number of aryl methyl sites for hydroxylation is 2. The fourth-order valence-electron chi connectivity index (χ4n) is 4.51. The van der Waals surface area contributed by atoms with E-state index in [0.717, 1.165) is 54.5 Å². The number of hydrogen-bond donors (Lipinski definition) is 3. The molecule has 7 heteroatoms. The highest BCUT2D eigenvalue weighted by Crippen LogP contribution is 2.38. The molecule has 4 rings (SSSR count). The number of carboxylic acids is 1. The molecule has 30 heavy (non-hydrogen) atoms. The topological polar surface area (TPSA) is 98.6 Å². The minimum atomic E-state index is -1.42. The number of rotatable bonds is 5. The van der Waals surface area contributed by atoms with E-state index in [1.807, 2.05) is 0 Å². The summed E-state index contributed by atoms with van der Waals surface area (Å²) in [6, 6.07) is 6.38. The van der Waals surface area contributed by atoms with Gasteiger partial charge in [0.1, 0.15) is 5.75 Å². The molecule has 0 fully saturated rings. The number of nitrogens with zero attached hydrogens (tertiary/aromatic N) is 2. The Morgan fingerprint density at radius 2 is 1.93 bits per heavy atom. The number of pyridine rings is 1. The summed E-state index contributed by atoms with van der Waals surface area (Å²) in [5.74, 6) is -1.83. The van der Waals surface area contributed by atoms with E-state index in [1.54, 1.807) is 0 Å². The van der Waals surface area contributed by atoms with Crippen molar-refractivity contribution in [2.75, 3.05) is 13.1 Å². The Kier molecular flexibility index (Phi) is 5.15. The lowest BCUT2D eigenvalue weighted by Gasteiger charge is -2.18. The van der Waals surface area contributed by atoms with Crippen LogP contribution >= 0.6 is 0 Å². The largest absolute Gasteiger partial charge is 0.506 e. The molecule has 158 valence electrons. The summed E-state index contributed by atoms with van der Waals surface area (Å²) in [5.41, 5.74) is 3.98. The van der Waals surface area contributed by atoms with Crippen LogP contribution in [0, 0.1) is 0 Å². The van der Waals surface area contributed by atoms with E-state index in [0.29, 0.717) is 17.7 Å². The van der Waals surface area contributed by atoms with Crippen LogP contribution in [0.3, 0.4) is 0 Å². The highest BCUT2D eigenvalue weighted by Gasteiger charge is 2.26. The second-order valence-corrected chi connectivity index (χ2v) is 7.91. The van der Waals surface area contributed by atoms with Crippen LogP contribution in [0.1, 0.15) is 47.4 Å². The molecule has 0 saturated carbocycles. The number of H-pyrrole nitrogens is 1. The molecule has 2 heterocycles. The molecule has 0 bridgehead atoms. The van der Waals surface area contributed by atoms with Crippen LogP contribution < -0.4 is 5.56 Å². The Labute approximate surface area is 174 Å². The maximum absolute atomic E-state index is 12.4. The van der Waals surface area contributed by atoms with Gasteiger partial charge in [-0.3, -0.25) is 9.69 Å². The fourth-order valence-corrected chi connectivity index (χ4v) is 4.51. The van der Waals surface area contributed by atoms with E-state index in [2.05, 4.69) is 53.5 Å². The zero-order valence-corrected chi connectivity index (χ0v) is 17.6. The third-order valence-corrected chi connectivity index (χ3v) is 6.29. The van der Waals surface area contributed by atoms with Crippen LogP contribution in [0.4, 0.5) is 0 Å². The molecule has 0 unspecified atom stereocenters. The molecule has 0 aliphatic heterocycles. The van der Waals surface area contributed by atoms with E-state index < -0.39 is 22.8 Å². The summed E-state index contributed by atoms with van der Waals surface area (Å²) in [5, 5.41) is 20.9. The lowest BCUT2D eigenvalue weighted by atomic mass is 9.98. The van der Waals surface area contributed by atoms with Crippen LogP contribution in [-0.4, -0.2) is 43.7 Å². The van der Waals surface area contributed by atoms with Crippen LogP contribution in [-0.2, 0) is 26.4 Å². The van der Waals surface area contributed by atoms with Crippen molar-refractivity contribution in [3.05, 3.63) is 50.9 Å². The smallest absolute Gasteiger partial charge is 0.345 e. The Bertz CT molecular complexity index is 1200. The van der Waals surface area contributed by atoms with Gasteiger partial charge in [-0.05, 0) is 56.1 Å². The first-order valence-electron chi connectivity index (χ1n) is 10.4. The van der Waals surface area contributed by atoms with Gasteiger partial charge in [0.2, 0.25) is 0 Å². The van der Waals surface area contributed by atoms with Crippen molar-refractivity contribution in [2.24, 2.45) is 7.05 Å². The number of aromatic hydroxyl groups is 1. The average Bonchev–Trinajstić information content (AvgIpc) is 2.89. The van der Waals surface area contributed by atoms with Crippen molar-refractivity contribution < 1.29 is 15.0 Å². The maximum Gasteiger partial charge on any atom is 0.345 e. The summed E-state index contributed by atoms with van der Waals surface area (Å²) in [7, 11) is 2.07. The average molecular weight is 409 g/mol. The number of aromatic nitrogens is 2. The van der Waals surface area contributed by atoms with Gasteiger partial charge in [0.15, 0.2) is 5.56 Å². The zero-order valence-electron chi connectivity index (χ0n) is 17.6. The lowest BCUT2D eigenvalue weighted by Crippen LogP contribution is -2.23. The van der Waals surface area contributed by atoms with Gasteiger partial charge in [0.25, 0.3) is 5.56 Å². The summed E-state index contributed by atoms with van der Waals surface area (Å²) >= 11 is 0. The van der Waals surface area contributed by atoms with Crippen molar-refractivity contribution in [3.8, 4) is 17.0 Å². The van der Waals surface area contributed by atoms with Gasteiger partial charge in [-0.15, -0.1) is 0 Å². The van der Waals surface area contributed by atoms with Crippen LogP contribution in [0.5, 0.6) is 5.75 Å². The molecule has 0 amide bonds. The Morgan fingerprint density at radius 1 is 1.20 bits per heavy atom. The second-order valence-electron chi connectivity index (χ2n) is 7.91. The van der Waals surface area contributed by atoms with E-state index in [9.17, 15) is 19.8 Å². The Morgan fingerprint density at radius 3 is 2.60 bits per heavy atom. The minimum absolute atomic E-state index is 0.413. The molecule has 1 aromatic carbocycles. The molecular weight excluding hydrogens is 382 g/mol. The van der Waals surface area contributed by atoms with Gasteiger partial charge >= 0.3 is 5.97 Å². The molecule has 7 nitrogen and oxygen atoms in total. The number of aromatic amines is 1. The SMILES string of the molecule is CCN(CC)Cc1cc2cc3c(cc2n1C)CCCc1c-3[nH]c(=O)c(C(=O)O)c1O. The Balaban J connectivity index is 1.91. The number of aromatic carboxylic acids is 1. The lowest BCUT2D eigenvalue weighted by molar-refractivity contribution is 0.0691. The van der Waals surface area contributed by atoms with Gasteiger partial charge in [0, 0.05) is 41.3 Å². The van der Waals surface area contributed by atoms with Crippen molar-refractivity contribution in [2.45, 2.75) is 39.7 Å². The first kappa shape index (κ1) is 20.2. The van der Waals surface area contributed by atoms with Gasteiger partial charge in [0.05, 0.1) is 5.69 Å². The third kappa shape index (κ3) is 3.19. The molecule has 0 atom stereocenters. The number of hydrogen-bond acceptors (Lipinski definition) is 4. The first-order valence-corrected chi connectivity index (χ1v) is 10.4. The van der Waals surface area contributed by atoms with E-state index in [1.165, 1.54) is 5.69 Å². The molecular formula is C23H27N3O4. The van der Waals surface area contributed by atoms with E-state index in [-0.39, 0.29) is 0 Å². The molecule has 0 saturated heterocycles. The third-order valence-electron chi connectivity index (χ3n) is 6.29. The van der Waals surface area contributed by atoms with E-state index in [4.69, 9.17) is 0 Å². The summed E-state index contributed by atoms with van der Waals surface area (Å²) in [4.78, 5) is 28.9. The van der Waals surface area contributed by atoms with Crippen molar-refractivity contribution in [3.63, 3.8) is 0 Å². The first-order chi connectivity index (χ1) is 14.3. The molecule has 3 N–H and O–H groups in total. The van der Waals surface area contributed by atoms with Crippen molar-refractivity contribution in [1.29, 1.82) is 0 Å². The normalized spacial score (nSPS) is 13.3. The molecule has 0 radical (unpaired) electrons. The second kappa shape index (κ2) is 7.65. The van der Waals surface area contributed by atoms with Crippen LogP contribution in [0.25, 0.3) is 22.2 Å². The Hall–Kier alpha value is -3.06. The number of nitrogens with one attached hydrogen (secondary N) is 1. The minimum Gasteiger partial charge on any atom is -0.506 e. The number of carbonyl (C=O) groups is 1. The molecule has 0 spiro atoms. The summed E-state index contributed by atoms with van der Waals surface area (Å²) < 4.78 is 2.22. The standard InChI is InChI=1S/C23H27N3O4/c1-4-26(5-2)12-15-9-14-10-17-13(11-18(14)25(15)3)7-6-8-16-20(17)24-22(28)19(21(16)27)23(29)30/h9-11H,4-8,12H2,1-3H3,(H,29,30)(H2,24,27,28). The summed E-state index contributed by atoms with van der Waals surface area (Å²) in [6.45, 7) is 7.13. The molecule has 1 aliphatic rings. The van der Waals surface area contributed by atoms with Gasteiger partial charge in [-0.2, -0.15) is 0 Å².